The number of aryl methyl sites for hydroxylation is 1. The smallest absolute Gasteiger partial charge is 0.230 e. The lowest BCUT2D eigenvalue weighted by Crippen LogP contribution is -2.50. The van der Waals surface area contributed by atoms with Gasteiger partial charge in [0.1, 0.15) is 0 Å². The van der Waals surface area contributed by atoms with Crippen LogP contribution in [0.25, 0.3) is 0 Å². The maximum atomic E-state index is 12.4. The largest absolute Gasteiger partial charge is 0.424 e. The van der Waals surface area contributed by atoms with Crippen molar-refractivity contribution in [2.24, 2.45) is 5.92 Å². The van der Waals surface area contributed by atoms with Crippen LogP contribution >= 0.6 is 0 Å². The van der Waals surface area contributed by atoms with Gasteiger partial charge in [0, 0.05) is 45.8 Å². The van der Waals surface area contributed by atoms with Crippen LogP contribution in [0.4, 0.5) is 0 Å². The van der Waals surface area contributed by atoms with E-state index in [1.165, 1.54) is 0 Å². The Kier molecular flexibility index (Phi) is 7.60. The standard InChI is InChI=1S/C19H33N5O3/c1-3-17-21-22-18(27-17)14-23-10-6-16(7-11-23)24-9-4-5-15(13-24)19(25)20-8-12-26-2/h15-16H,3-14H2,1-2H3,(H,20,25)/t15-/m0/s1. The predicted octanol–water partition coefficient (Wildman–Crippen LogP) is 1.07. The summed E-state index contributed by atoms with van der Waals surface area (Å²) in [5, 5.41) is 11.2. The highest BCUT2D eigenvalue weighted by Gasteiger charge is 2.31. The molecule has 1 aromatic heterocycles. The van der Waals surface area contributed by atoms with Crippen molar-refractivity contribution in [3.8, 4) is 0 Å². The normalized spacial score (nSPS) is 22.8. The van der Waals surface area contributed by atoms with Gasteiger partial charge in [0.25, 0.3) is 0 Å². The Hall–Kier alpha value is -1.51. The maximum absolute atomic E-state index is 12.4. The van der Waals surface area contributed by atoms with Gasteiger partial charge in [-0.2, -0.15) is 0 Å². The van der Waals surface area contributed by atoms with Crippen LogP contribution in [0.15, 0.2) is 4.42 Å². The molecule has 0 radical (unpaired) electrons. The first-order chi connectivity index (χ1) is 13.2. The average Bonchev–Trinajstić information content (AvgIpc) is 3.16. The first kappa shape index (κ1) is 20.2. The Morgan fingerprint density at radius 2 is 2.00 bits per heavy atom. The number of nitrogens with one attached hydrogen (secondary N) is 1. The molecular weight excluding hydrogens is 346 g/mol. The molecular formula is C19H33N5O3. The number of ether oxygens (including phenoxy) is 1. The fourth-order valence-corrected chi connectivity index (χ4v) is 4.10. The molecule has 3 rings (SSSR count). The van der Waals surface area contributed by atoms with Gasteiger partial charge in [-0.3, -0.25) is 14.6 Å². The average molecular weight is 380 g/mol. The molecule has 27 heavy (non-hydrogen) atoms. The minimum atomic E-state index is 0.111. The molecule has 1 amide bonds. The third-order valence-corrected chi connectivity index (χ3v) is 5.67. The number of carbonyl (C=O) groups excluding carboxylic acids is 1. The Labute approximate surface area is 161 Å². The summed E-state index contributed by atoms with van der Waals surface area (Å²) in [5.41, 5.74) is 0. The molecule has 1 aromatic rings. The number of methoxy groups -OCH3 is 1. The van der Waals surface area contributed by atoms with Crippen LogP contribution in [0.5, 0.6) is 0 Å². The van der Waals surface area contributed by atoms with Gasteiger partial charge in [-0.05, 0) is 32.2 Å². The molecule has 0 unspecified atom stereocenters. The molecule has 0 bridgehead atoms. The summed E-state index contributed by atoms with van der Waals surface area (Å²) in [7, 11) is 1.65. The molecule has 2 fully saturated rings. The van der Waals surface area contributed by atoms with Crippen LogP contribution in [0.1, 0.15) is 44.4 Å². The molecule has 2 saturated heterocycles. The molecule has 0 aliphatic carbocycles. The SMILES string of the molecule is CCc1nnc(CN2CCC(N3CCC[C@H](C(=O)NCCOC)C3)CC2)o1. The van der Waals surface area contributed by atoms with E-state index < -0.39 is 0 Å². The van der Waals surface area contributed by atoms with Gasteiger partial charge in [-0.25, -0.2) is 0 Å². The number of rotatable bonds is 8. The second-order valence-corrected chi connectivity index (χ2v) is 7.57. The first-order valence-electron chi connectivity index (χ1n) is 10.2. The Bertz CT molecular complexity index is 586. The van der Waals surface area contributed by atoms with Crippen molar-refractivity contribution in [1.29, 1.82) is 0 Å². The second-order valence-electron chi connectivity index (χ2n) is 7.57. The zero-order valence-corrected chi connectivity index (χ0v) is 16.7. The number of piperidine rings is 2. The Balaban J connectivity index is 1.42. The molecule has 2 aliphatic heterocycles. The van der Waals surface area contributed by atoms with Gasteiger partial charge in [-0.15, -0.1) is 10.2 Å². The summed E-state index contributed by atoms with van der Waals surface area (Å²) in [6, 6.07) is 0.574. The van der Waals surface area contributed by atoms with Gasteiger partial charge in [0.05, 0.1) is 19.1 Å². The van der Waals surface area contributed by atoms with Crippen molar-refractivity contribution in [1.82, 2.24) is 25.3 Å². The van der Waals surface area contributed by atoms with Gasteiger partial charge < -0.3 is 14.5 Å². The number of carbonyl (C=O) groups is 1. The van der Waals surface area contributed by atoms with Crippen LogP contribution in [-0.4, -0.2) is 78.4 Å². The number of hydrogen-bond acceptors (Lipinski definition) is 7. The zero-order valence-electron chi connectivity index (χ0n) is 16.7. The zero-order chi connectivity index (χ0) is 19.1. The van der Waals surface area contributed by atoms with Crippen molar-refractivity contribution in [2.45, 2.75) is 51.6 Å². The third kappa shape index (κ3) is 5.73. The van der Waals surface area contributed by atoms with Crippen molar-refractivity contribution in [3.05, 3.63) is 11.8 Å². The van der Waals surface area contributed by atoms with Crippen LogP contribution in [0.2, 0.25) is 0 Å². The van der Waals surface area contributed by atoms with Gasteiger partial charge in [0.2, 0.25) is 17.7 Å². The van der Waals surface area contributed by atoms with E-state index in [1.807, 2.05) is 6.92 Å². The lowest BCUT2D eigenvalue weighted by Gasteiger charge is -2.41. The van der Waals surface area contributed by atoms with E-state index in [1.54, 1.807) is 7.11 Å². The van der Waals surface area contributed by atoms with E-state index in [4.69, 9.17) is 9.15 Å². The molecule has 8 nitrogen and oxygen atoms in total. The highest BCUT2D eigenvalue weighted by Crippen LogP contribution is 2.24. The molecule has 0 saturated carbocycles. The van der Waals surface area contributed by atoms with Crippen LogP contribution in [0.3, 0.4) is 0 Å². The summed E-state index contributed by atoms with van der Waals surface area (Å²) in [6.07, 6.45) is 5.14. The van der Waals surface area contributed by atoms with E-state index in [-0.39, 0.29) is 11.8 Å². The molecule has 0 aromatic carbocycles. The molecule has 2 aliphatic rings. The van der Waals surface area contributed by atoms with Crippen molar-refractivity contribution < 1.29 is 13.9 Å². The van der Waals surface area contributed by atoms with E-state index in [0.29, 0.717) is 25.1 Å². The monoisotopic (exact) mass is 379 g/mol. The van der Waals surface area contributed by atoms with Crippen molar-refractivity contribution in [2.75, 3.05) is 46.4 Å². The predicted molar refractivity (Wildman–Crippen MR) is 101 cm³/mol. The number of likely N-dealkylation sites (tertiary alicyclic amines) is 2. The molecule has 1 N–H and O–H groups in total. The highest BCUT2D eigenvalue weighted by molar-refractivity contribution is 5.78. The van der Waals surface area contributed by atoms with Crippen LogP contribution in [0, 0.1) is 5.92 Å². The second kappa shape index (κ2) is 10.1. The Morgan fingerprint density at radius 1 is 1.22 bits per heavy atom. The van der Waals surface area contributed by atoms with Crippen LogP contribution < -0.4 is 5.32 Å². The molecule has 3 heterocycles. The van der Waals surface area contributed by atoms with Crippen LogP contribution in [-0.2, 0) is 22.5 Å². The number of nitrogens with zero attached hydrogens (tertiary/aromatic N) is 4. The lowest BCUT2D eigenvalue weighted by atomic mass is 9.93. The van der Waals surface area contributed by atoms with E-state index >= 15 is 0 Å². The van der Waals surface area contributed by atoms with E-state index in [2.05, 4.69) is 25.3 Å². The number of amides is 1. The van der Waals surface area contributed by atoms with Gasteiger partial charge in [-0.1, -0.05) is 6.92 Å². The maximum Gasteiger partial charge on any atom is 0.230 e. The van der Waals surface area contributed by atoms with Gasteiger partial charge >= 0.3 is 0 Å². The van der Waals surface area contributed by atoms with E-state index in [0.717, 1.165) is 70.7 Å². The van der Waals surface area contributed by atoms with Crippen molar-refractivity contribution in [3.63, 3.8) is 0 Å². The minimum Gasteiger partial charge on any atom is -0.424 e. The quantitative estimate of drug-likeness (QED) is 0.677. The summed E-state index contributed by atoms with van der Waals surface area (Å²) in [4.78, 5) is 17.3. The Morgan fingerprint density at radius 3 is 2.70 bits per heavy atom. The fraction of sp³-hybridized carbons (Fsp3) is 0.842. The lowest BCUT2D eigenvalue weighted by molar-refractivity contribution is -0.127. The summed E-state index contributed by atoms with van der Waals surface area (Å²) in [5.74, 6) is 1.72. The summed E-state index contributed by atoms with van der Waals surface area (Å²) < 4.78 is 10.6. The molecule has 152 valence electrons. The van der Waals surface area contributed by atoms with E-state index in [9.17, 15) is 4.79 Å². The summed E-state index contributed by atoms with van der Waals surface area (Å²) in [6.45, 7) is 7.99. The van der Waals surface area contributed by atoms with Crippen molar-refractivity contribution >= 4 is 5.91 Å². The first-order valence-corrected chi connectivity index (χ1v) is 10.2. The molecule has 1 atom stereocenters. The highest BCUT2D eigenvalue weighted by atomic mass is 16.5. The van der Waals surface area contributed by atoms with Gasteiger partial charge in [0.15, 0.2) is 0 Å². The topological polar surface area (TPSA) is 83.7 Å². The third-order valence-electron chi connectivity index (χ3n) is 5.67. The minimum absolute atomic E-state index is 0.111. The fourth-order valence-electron chi connectivity index (χ4n) is 4.10. The molecule has 0 spiro atoms. The summed E-state index contributed by atoms with van der Waals surface area (Å²) >= 11 is 0. The molecule has 8 heteroatoms. The number of hydrogen-bond donors (Lipinski definition) is 1. The number of aromatic nitrogens is 2.